The van der Waals surface area contributed by atoms with Gasteiger partial charge in [-0.15, -0.1) is 0 Å². The molecule has 1 aliphatic rings. The Morgan fingerprint density at radius 2 is 2.20 bits per heavy atom. The maximum Gasteiger partial charge on any atom is 0.179 e. The molecule has 0 atom stereocenters. The molecule has 0 radical (unpaired) electrons. The molecule has 2 heterocycles. The molecule has 25 heavy (non-hydrogen) atoms. The second-order valence-electron chi connectivity index (χ2n) is 6.30. The van der Waals surface area contributed by atoms with Crippen LogP contribution in [-0.4, -0.2) is 30.3 Å². The van der Waals surface area contributed by atoms with Gasteiger partial charge < -0.3 is 9.88 Å². The molecule has 3 rings (SSSR count). The first-order valence-corrected chi connectivity index (χ1v) is 10.1. The van der Waals surface area contributed by atoms with E-state index in [1.54, 1.807) is 12.1 Å². The van der Waals surface area contributed by atoms with Crippen molar-refractivity contribution in [3.05, 3.63) is 47.0 Å². The van der Waals surface area contributed by atoms with Gasteiger partial charge in [-0.25, -0.2) is 13.4 Å². The van der Waals surface area contributed by atoms with Crippen molar-refractivity contribution >= 4 is 9.84 Å². The maximum absolute atomic E-state index is 12.4. The summed E-state index contributed by atoms with van der Waals surface area (Å²) >= 11 is 0. The summed E-state index contributed by atoms with van der Waals surface area (Å²) in [5.41, 5.74) is 2.53. The van der Waals surface area contributed by atoms with E-state index in [-0.39, 0.29) is 10.6 Å². The van der Waals surface area contributed by atoms with Crippen LogP contribution in [0.1, 0.15) is 35.6 Å². The molecule has 1 aromatic heterocycles. The number of benzene rings is 1. The standard InChI is InChI=1S/C18H22N4O2S/c1-14-17(22-9-3-2-7-18(22)21-14)13-20-8-10-25(23,24)16-6-4-5-15(11-16)12-19/h4-6,11,20H,2-3,7-10,13H2,1H3. The zero-order valence-electron chi connectivity index (χ0n) is 14.3. The fourth-order valence-corrected chi connectivity index (χ4v) is 4.43. The molecule has 132 valence electrons. The van der Waals surface area contributed by atoms with E-state index < -0.39 is 9.84 Å². The van der Waals surface area contributed by atoms with Gasteiger partial charge in [0.1, 0.15) is 5.82 Å². The molecule has 0 bridgehead atoms. The Balaban J connectivity index is 1.60. The maximum atomic E-state index is 12.4. The minimum Gasteiger partial charge on any atom is -0.331 e. The highest BCUT2D eigenvalue weighted by Gasteiger charge is 2.18. The molecule has 6 nitrogen and oxygen atoms in total. The Labute approximate surface area is 148 Å². The van der Waals surface area contributed by atoms with Gasteiger partial charge in [-0.3, -0.25) is 0 Å². The third-order valence-corrected chi connectivity index (χ3v) is 6.26. The van der Waals surface area contributed by atoms with Gasteiger partial charge in [0.15, 0.2) is 9.84 Å². The first-order chi connectivity index (χ1) is 12.0. The van der Waals surface area contributed by atoms with E-state index in [2.05, 4.69) is 14.9 Å². The molecule has 2 aromatic rings. The number of hydrogen-bond donors (Lipinski definition) is 1. The van der Waals surface area contributed by atoms with Crippen LogP contribution < -0.4 is 5.32 Å². The van der Waals surface area contributed by atoms with Crippen LogP contribution in [0.3, 0.4) is 0 Å². The van der Waals surface area contributed by atoms with E-state index in [9.17, 15) is 8.42 Å². The fraction of sp³-hybridized carbons (Fsp3) is 0.444. The molecule has 0 amide bonds. The molecular formula is C18H22N4O2S. The smallest absolute Gasteiger partial charge is 0.179 e. The summed E-state index contributed by atoms with van der Waals surface area (Å²) in [6.07, 6.45) is 3.37. The molecular weight excluding hydrogens is 336 g/mol. The number of imidazole rings is 1. The number of nitriles is 1. The van der Waals surface area contributed by atoms with Crippen molar-refractivity contribution in [1.82, 2.24) is 14.9 Å². The zero-order valence-corrected chi connectivity index (χ0v) is 15.1. The molecule has 1 aromatic carbocycles. The number of fused-ring (bicyclic) bond motifs is 1. The highest BCUT2D eigenvalue weighted by molar-refractivity contribution is 7.91. The summed E-state index contributed by atoms with van der Waals surface area (Å²) in [7, 11) is -3.40. The van der Waals surface area contributed by atoms with E-state index >= 15 is 0 Å². The third-order valence-electron chi connectivity index (χ3n) is 4.55. The predicted octanol–water partition coefficient (Wildman–Crippen LogP) is 1.96. The topological polar surface area (TPSA) is 87.8 Å². The Kier molecular flexibility index (Phi) is 5.21. The van der Waals surface area contributed by atoms with Crippen molar-refractivity contribution in [1.29, 1.82) is 5.26 Å². The molecule has 0 unspecified atom stereocenters. The van der Waals surface area contributed by atoms with Crippen LogP contribution in [0.15, 0.2) is 29.2 Å². The summed E-state index contributed by atoms with van der Waals surface area (Å²) in [5.74, 6) is 1.14. The van der Waals surface area contributed by atoms with Crippen LogP contribution in [0.4, 0.5) is 0 Å². The van der Waals surface area contributed by atoms with Crippen LogP contribution in [-0.2, 0) is 29.3 Å². The monoisotopic (exact) mass is 358 g/mol. The van der Waals surface area contributed by atoms with Gasteiger partial charge >= 0.3 is 0 Å². The number of sulfone groups is 1. The van der Waals surface area contributed by atoms with Gasteiger partial charge in [0.2, 0.25) is 0 Å². The quantitative estimate of drug-likeness (QED) is 0.798. The Morgan fingerprint density at radius 1 is 1.36 bits per heavy atom. The van der Waals surface area contributed by atoms with Crippen molar-refractivity contribution in [2.24, 2.45) is 0 Å². The summed E-state index contributed by atoms with van der Waals surface area (Å²) in [6, 6.07) is 8.13. The zero-order chi connectivity index (χ0) is 17.9. The van der Waals surface area contributed by atoms with Gasteiger partial charge in [0.25, 0.3) is 0 Å². The lowest BCUT2D eigenvalue weighted by molar-refractivity contribution is 0.500. The molecule has 0 fully saturated rings. The van der Waals surface area contributed by atoms with E-state index in [0.29, 0.717) is 18.7 Å². The normalized spacial score (nSPS) is 14.1. The average molecular weight is 358 g/mol. The second kappa shape index (κ2) is 7.38. The summed E-state index contributed by atoms with van der Waals surface area (Å²) in [5, 5.41) is 12.1. The van der Waals surface area contributed by atoms with Crippen molar-refractivity contribution in [3.63, 3.8) is 0 Å². The highest BCUT2D eigenvalue weighted by atomic mass is 32.2. The van der Waals surface area contributed by atoms with Crippen molar-refractivity contribution < 1.29 is 8.42 Å². The SMILES string of the molecule is Cc1nc2n(c1CNCCS(=O)(=O)c1cccc(C#N)c1)CCCC2. The second-order valence-corrected chi connectivity index (χ2v) is 8.41. The number of hydrogen-bond acceptors (Lipinski definition) is 5. The average Bonchev–Trinajstić information content (AvgIpc) is 2.94. The molecule has 0 saturated carbocycles. The van der Waals surface area contributed by atoms with Crippen molar-refractivity contribution in [3.8, 4) is 6.07 Å². The lowest BCUT2D eigenvalue weighted by Gasteiger charge is -2.17. The number of nitrogens with zero attached hydrogens (tertiary/aromatic N) is 3. The summed E-state index contributed by atoms with van der Waals surface area (Å²) in [4.78, 5) is 4.82. The van der Waals surface area contributed by atoms with E-state index in [0.717, 1.165) is 30.2 Å². The van der Waals surface area contributed by atoms with Gasteiger partial charge in [-0.2, -0.15) is 5.26 Å². The molecule has 1 N–H and O–H groups in total. The van der Waals surface area contributed by atoms with Gasteiger partial charge in [-0.1, -0.05) is 6.07 Å². The fourth-order valence-electron chi connectivity index (χ4n) is 3.19. The van der Waals surface area contributed by atoms with Crippen LogP contribution in [0, 0.1) is 18.3 Å². The van der Waals surface area contributed by atoms with Crippen LogP contribution in [0.2, 0.25) is 0 Å². The third kappa shape index (κ3) is 3.91. The molecule has 1 aliphatic heterocycles. The number of rotatable bonds is 6. The van der Waals surface area contributed by atoms with E-state index in [4.69, 9.17) is 5.26 Å². The lowest BCUT2D eigenvalue weighted by atomic mass is 10.1. The van der Waals surface area contributed by atoms with Gasteiger partial charge in [0, 0.05) is 26.1 Å². The molecule has 0 saturated heterocycles. The predicted molar refractivity (Wildman–Crippen MR) is 94.8 cm³/mol. The van der Waals surface area contributed by atoms with E-state index in [1.807, 2.05) is 13.0 Å². The van der Waals surface area contributed by atoms with Gasteiger partial charge in [-0.05, 0) is 38.0 Å². The first-order valence-electron chi connectivity index (χ1n) is 8.50. The minimum atomic E-state index is -3.40. The van der Waals surface area contributed by atoms with Crippen molar-refractivity contribution in [2.75, 3.05) is 12.3 Å². The molecule has 7 heteroatoms. The Hall–Kier alpha value is -2.17. The largest absolute Gasteiger partial charge is 0.331 e. The Bertz CT molecular complexity index is 910. The number of nitrogens with one attached hydrogen (secondary N) is 1. The van der Waals surface area contributed by atoms with Gasteiger partial charge in [0.05, 0.1) is 33.7 Å². The lowest BCUT2D eigenvalue weighted by Crippen LogP contribution is -2.25. The minimum absolute atomic E-state index is 0.00191. The molecule has 0 spiro atoms. The van der Waals surface area contributed by atoms with Crippen LogP contribution >= 0.6 is 0 Å². The highest BCUT2D eigenvalue weighted by Crippen LogP contribution is 2.19. The van der Waals surface area contributed by atoms with Crippen molar-refractivity contribution in [2.45, 2.75) is 44.2 Å². The molecule has 0 aliphatic carbocycles. The summed E-state index contributed by atoms with van der Waals surface area (Å²) in [6.45, 7) is 3.98. The van der Waals surface area contributed by atoms with E-state index in [1.165, 1.54) is 25.0 Å². The number of aryl methyl sites for hydroxylation is 2. The summed E-state index contributed by atoms with van der Waals surface area (Å²) < 4.78 is 27.0. The Morgan fingerprint density at radius 3 is 3.00 bits per heavy atom. The first kappa shape index (κ1) is 17.6. The van der Waals surface area contributed by atoms with Crippen LogP contribution in [0.5, 0.6) is 0 Å². The number of aromatic nitrogens is 2. The van der Waals surface area contributed by atoms with Crippen LogP contribution in [0.25, 0.3) is 0 Å².